The molecular weight excluding hydrogens is 515 g/mol. The van der Waals surface area contributed by atoms with Crippen molar-refractivity contribution in [1.82, 2.24) is 24.7 Å². The van der Waals surface area contributed by atoms with Gasteiger partial charge in [-0.2, -0.15) is 0 Å². The number of guanidine groups is 1. The Bertz CT molecular complexity index is 858. The molecule has 2 aromatic rings. The Morgan fingerprint density at radius 3 is 2.81 bits per heavy atom. The van der Waals surface area contributed by atoms with E-state index in [0.29, 0.717) is 18.1 Å². The van der Waals surface area contributed by atoms with Crippen molar-refractivity contribution in [2.45, 2.75) is 45.5 Å². The zero-order valence-electron chi connectivity index (χ0n) is 19.5. The van der Waals surface area contributed by atoms with Crippen LogP contribution < -0.4 is 5.32 Å². The highest BCUT2D eigenvalue weighted by Crippen LogP contribution is 2.27. The summed E-state index contributed by atoms with van der Waals surface area (Å²) in [5, 5.41) is 3.59. The number of ether oxygens (including phenoxy) is 1. The SMILES string of the molecule is CN=C(NCc1cccc(CN2CCOC(C)C2)c1)N1CCC(C)C(n2ccnc2)C1.I. The highest BCUT2D eigenvalue weighted by Gasteiger charge is 2.28. The Labute approximate surface area is 209 Å². The molecule has 0 amide bonds. The van der Waals surface area contributed by atoms with Gasteiger partial charge >= 0.3 is 0 Å². The predicted molar refractivity (Wildman–Crippen MR) is 139 cm³/mol. The summed E-state index contributed by atoms with van der Waals surface area (Å²) in [5.41, 5.74) is 2.65. The number of nitrogens with one attached hydrogen (secondary N) is 1. The minimum absolute atomic E-state index is 0. The van der Waals surface area contributed by atoms with E-state index in [0.717, 1.165) is 58.3 Å². The van der Waals surface area contributed by atoms with Gasteiger partial charge in [0.2, 0.25) is 0 Å². The number of likely N-dealkylation sites (tertiary alicyclic amines) is 1. The van der Waals surface area contributed by atoms with E-state index in [1.54, 1.807) is 0 Å². The standard InChI is InChI=1S/C24H36N6O.HI/c1-19-7-9-29(17-23(19)30-10-8-26-18-30)24(25-3)27-14-21-5-4-6-22(13-21)16-28-11-12-31-20(2)15-28;/h4-6,8,10,13,18-20,23H,7,9,11-12,14-17H2,1-3H3,(H,25,27);1H. The van der Waals surface area contributed by atoms with Gasteiger partial charge < -0.3 is 19.5 Å². The summed E-state index contributed by atoms with van der Waals surface area (Å²) in [5.74, 6) is 1.60. The van der Waals surface area contributed by atoms with Crippen molar-refractivity contribution in [3.63, 3.8) is 0 Å². The van der Waals surface area contributed by atoms with Crippen molar-refractivity contribution < 1.29 is 4.74 Å². The fourth-order valence-electron chi connectivity index (χ4n) is 4.74. The maximum Gasteiger partial charge on any atom is 0.193 e. The second-order valence-electron chi connectivity index (χ2n) is 8.93. The predicted octanol–water partition coefficient (Wildman–Crippen LogP) is 3.38. The van der Waals surface area contributed by atoms with Gasteiger partial charge in [0.25, 0.3) is 0 Å². The molecule has 3 heterocycles. The van der Waals surface area contributed by atoms with E-state index in [9.17, 15) is 0 Å². The Hall–Kier alpha value is -1.65. The Morgan fingerprint density at radius 1 is 1.22 bits per heavy atom. The van der Waals surface area contributed by atoms with Crippen LogP contribution in [0.1, 0.15) is 37.4 Å². The minimum Gasteiger partial charge on any atom is -0.376 e. The molecule has 0 radical (unpaired) electrons. The van der Waals surface area contributed by atoms with E-state index in [-0.39, 0.29) is 24.0 Å². The van der Waals surface area contributed by atoms with E-state index in [4.69, 9.17) is 4.74 Å². The summed E-state index contributed by atoms with van der Waals surface area (Å²) in [7, 11) is 1.88. The number of halogens is 1. The first kappa shape index (κ1) is 25.0. The molecule has 1 aromatic heterocycles. The maximum absolute atomic E-state index is 5.67. The molecule has 2 saturated heterocycles. The number of rotatable bonds is 5. The van der Waals surface area contributed by atoms with Crippen LogP contribution in [0.5, 0.6) is 0 Å². The molecule has 3 atom stereocenters. The lowest BCUT2D eigenvalue weighted by atomic mass is 9.93. The maximum atomic E-state index is 5.67. The van der Waals surface area contributed by atoms with E-state index in [2.05, 4.69) is 74.0 Å². The van der Waals surface area contributed by atoms with Crippen molar-refractivity contribution in [1.29, 1.82) is 0 Å². The Balaban J connectivity index is 0.00000289. The molecule has 176 valence electrons. The Kier molecular flexibility index (Phi) is 9.36. The number of piperidine rings is 1. The quantitative estimate of drug-likeness (QED) is 0.350. The zero-order chi connectivity index (χ0) is 21.6. The van der Waals surface area contributed by atoms with Crippen LogP contribution in [0, 0.1) is 5.92 Å². The molecule has 0 spiro atoms. The summed E-state index contributed by atoms with van der Waals surface area (Å²) in [4.78, 5) is 13.7. The van der Waals surface area contributed by atoms with Crippen LogP contribution in [0.15, 0.2) is 48.0 Å². The molecule has 2 fully saturated rings. The van der Waals surface area contributed by atoms with Crippen LogP contribution in [0.2, 0.25) is 0 Å². The van der Waals surface area contributed by atoms with Crippen LogP contribution in [0.25, 0.3) is 0 Å². The first-order chi connectivity index (χ1) is 15.1. The summed E-state index contributed by atoms with van der Waals surface area (Å²) < 4.78 is 7.90. The summed E-state index contributed by atoms with van der Waals surface area (Å²) >= 11 is 0. The third-order valence-electron chi connectivity index (χ3n) is 6.51. The molecule has 0 aliphatic carbocycles. The fourth-order valence-corrected chi connectivity index (χ4v) is 4.74. The molecule has 0 saturated carbocycles. The molecule has 3 unspecified atom stereocenters. The van der Waals surface area contributed by atoms with Crippen LogP contribution in [0.3, 0.4) is 0 Å². The summed E-state index contributed by atoms with van der Waals surface area (Å²) in [6.07, 6.45) is 7.34. The van der Waals surface area contributed by atoms with Crippen LogP contribution in [0.4, 0.5) is 0 Å². The monoisotopic (exact) mass is 552 g/mol. The van der Waals surface area contributed by atoms with Gasteiger partial charge in [0.1, 0.15) is 0 Å². The van der Waals surface area contributed by atoms with Gasteiger partial charge in [0.15, 0.2) is 5.96 Å². The van der Waals surface area contributed by atoms with Gasteiger partial charge in [-0.25, -0.2) is 4.98 Å². The van der Waals surface area contributed by atoms with Crippen molar-refractivity contribution >= 4 is 29.9 Å². The fraction of sp³-hybridized carbons (Fsp3) is 0.583. The van der Waals surface area contributed by atoms with Crippen LogP contribution >= 0.6 is 24.0 Å². The molecule has 8 heteroatoms. The highest BCUT2D eigenvalue weighted by molar-refractivity contribution is 14.0. The molecule has 2 aliphatic heterocycles. The first-order valence-corrected chi connectivity index (χ1v) is 11.5. The van der Waals surface area contributed by atoms with E-state index < -0.39 is 0 Å². The van der Waals surface area contributed by atoms with E-state index in [1.807, 2.05) is 19.6 Å². The number of imidazole rings is 1. The van der Waals surface area contributed by atoms with Gasteiger partial charge in [-0.15, -0.1) is 24.0 Å². The number of aliphatic imine (C=N–C) groups is 1. The van der Waals surface area contributed by atoms with E-state index >= 15 is 0 Å². The molecule has 2 aliphatic rings. The van der Waals surface area contributed by atoms with Gasteiger partial charge in [0, 0.05) is 58.7 Å². The average molecular weight is 553 g/mol. The molecule has 1 N–H and O–H groups in total. The number of hydrogen-bond donors (Lipinski definition) is 1. The number of benzene rings is 1. The van der Waals surface area contributed by atoms with Gasteiger partial charge in [0.05, 0.1) is 25.1 Å². The Morgan fingerprint density at radius 2 is 2.06 bits per heavy atom. The summed E-state index contributed by atoms with van der Waals surface area (Å²) in [6, 6.07) is 9.32. The first-order valence-electron chi connectivity index (χ1n) is 11.5. The van der Waals surface area contributed by atoms with Gasteiger partial charge in [-0.05, 0) is 30.4 Å². The zero-order valence-corrected chi connectivity index (χ0v) is 21.8. The second kappa shape index (κ2) is 12.0. The van der Waals surface area contributed by atoms with Crippen molar-refractivity contribution in [2.24, 2.45) is 10.9 Å². The lowest BCUT2D eigenvalue weighted by Crippen LogP contribution is -2.48. The molecule has 0 bridgehead atoms. The number of hydrogen-bond acceptors (Lipinski definition) is 4. The summed E-state index contributed by atoms with van der Waals surface area (Å²) in [6.45, 7) is 11.1. The molecule has 7 nitrogen and oxygen atoms in total. The van der Waals surface area contributed by atoms with Crippen LogP contribution in [-0.4, -0.2) is 71.2 Å². The normalized spacial score (nSPS) is 24.8. The van der Waals surface area contributed by atoms with Crippen molar-refractivity contribution in [3.05, 3.63) is 54.1 Å². The second-order valence-corrected chi connectivity index (χ2v) is 8.93. The number of morpholine rings is 1. The van der Waals surface area contributed by atoms with Crippen molar-refractivity contribution in [2.75, 3.05) is 39.8 Å². The number of nitrogens with zero attached hydrogens (tertiary/aromatic N) is 5. The minimum atomic E-state index is 0. The van der Waals surface area contributed by atoms with Crippen molar-refractivity contribution in [3.8, 4) is 0 Å². The smallest absolute Gasteiger partial charge is 0.193 e. The molecule has 1 aromatic carbocycles. The molecule has 32 heavy (non-hydrogen) atoms. The van der Waals surface area contributed by atoms with Gasteiger partial charge in [-0.3, -0.25) is 9.89 Å². The highest BCUT2D eigenvalue weighted by atomic mass is 127. The van der Waals surface area contributed by atoms with Crippen LogP contribution in [-0.2, 0) is 17.8 Å². The lowest BCUT2D eigenvalue weighted by molar-refractivity contribution is -0.0212. The third kappa shape index (κ3) is 6.45. The lowest BCUT2D eigenvalue weighted by Gasteiger charge is -2.39. The number of aromatic nitrogens is 2. The van der Waals surface area contributed by atoms with E-state index in [1.165, 1.54) is 11.1 Å². The molecular formula is C24H37IN6O. The topological polar surface area (TPSA) is 57.9 Å². The third-order valence-corrected chi connectivity index (χ3v) is 6.51. The average Bonchev–Trinajstić information content (AvgIpc) is 3.30. The van der Waals surface area contributed by atoms with Gasteiger partial charge in [-0.1, -0.05) is 31.2 Å². The molecule has 4 rings (SSSR count). The largest absolute Gasteiger partial charge is 0.376 e.